The van der Waals surface area contributed by atoms with Gasteiger partial charge >= 0.3 is 0 Å². The lowest BCUT2D eigenvalue weighted by Gasteiger charge is -2.25. The molecule has 0 saturated carbocycles. The molecule has 2 aromatic heterocycles. The van der Waals surface area contributed by atoms with Crippen molar-refractivity contribution in [3.8, 4) is 6.07 Å². The van der Waals surface area contributed by atoms with E-state index in [4.69, 9.17) is 5.26 Å². The largest absolute Gasteiger partial charge is 0.372 e. The van der Waals surface area contributed by atoms with Crippen LogP contribution in [0.5, 0.6) is 0 Å². The minimum Gasteiger partial charge on any atom is -0.372 e. The molecule has 3 heterocycles. The maximum Gasteiger partial charge on any atom is 0.264 e. The van der Waals surface area contributed by atoms with Gasteiger partial charge in [-0.1, -0.05) is 42.5 Å². The van der Waals surface area contributed by atoms with E-state index in [1.165, 1.54) is 15.6 Å². The standard InChI is InChI=1S/C34H30N6O3S2/c35-21-26-9-11-27(12-10-26)23-39-25-36-22-30(39)24-40(45(42,43)31-7-3-1-4-8-31)29-13-14-32-28(19-29)20-33(44-32)34(41)37-15-18-38-16-5-2-6-17-38/h1-14,16,19-20,22,25H,15,17-18,23-24H2,(H,37,41). The summed E-state index contributed by atoms with van der Waals surface area (Å²) in [4.78, 5) is 20.1. The molecule has 0 fully saturated rings. The topological polar surface area (TPSA) is 111 Å². The molecule has 226 valence electrons. The number of aromatic nitrogens is 2. The number of benzene rings is 3. The van der Waals surface area contributed by atoms with Gasteiger partial charge in [-0.05, 0) is 71.8 Å². The number of anilines is 1. The van der Waals surface area contributed by atoms with Crippen molar-refractivity contribution in [2.24, 2.45) is 0 Å². The van der Waals surface area contributed by atoms with Crippen LogP contribution in [0.3, 0.4) is 0 Å². The van der Waals surface area contributed by atoms with Crippen molar-refractivity contribution in [2.75, 3.05) is 23.9 Å². The first-order valence-electron chi connectivity index (χ1n) is 14.4. The Morgan fingerprint density at radius 3 is 2.62 bits per heavy atom. The van der Waals surface area contributed by atoms with Gasteiger partial charge < -0.3 is 14.8 Å². The number of carbonyl (C=O) groups is 1. The number of imidazole rings is 1. The molecule has 6 rings (SSSR count). The number of nitrogens with zero attached hydrogens (tertiary/aromatic N) is 5. The molecule has 0 bridgehead atoms. The second-order valence-corrected chi connectivity index (χ2v) is 13.4. The minimum atomic E-state index is -3.96. The summed E-state index contributed by atoms with van der Waals surface area (Å²) in [5, 5.41) is 12.9. The van der Waals surface area contributed by atoms with Crippen LogP contribution in [0.1, 0.15) is 26.5 Å². The molecule has 0 spiro atoms. The summed E-state index contributed by atoms with van der Waals surface area (Å²) >= 11 is 1.37. The normalized spacial score (nSPS) is 12.7. The van der Waals surface area contributed by atoms with Gasteiger partial charge in [0.2, 0.25) is 0 Å². The molecule has 0 unspecified atom stereocenters. The Labute approximate surface area is 266 Å². The molecule has 1 N–H and O–H groups in total. The van der Waals surface area contributed by atoms with Crippen LogP contribution in [0.4, 0.5) is 5.69 Å². The number of hydrogen-bond donors (Lipinski definition) is 1. The van der Waals surface area contributed by atoms with E-state index in [0.717, 1.165) is 22.2 Å². The lowest BCUT2D eigenvalue weighted by molar-refractivity contribution is 0.0955. The third-order valence-corrected chi connectivity index (χ3v) is 10.4. The van der Waals surface area contributed by atoms with Crippen LogP contribution in [-0.2, 0) is 23.1 Å². The van der Waals surface area contributed by atoms with Gasteiger partial charge in [0.15, 0.2) is 0 Å². The summed E-state index contributed by atoms with van der Waals surface area (Å²) in [5.41, 5.74) is 2.71. The average molecular weight is 635 g/mol. The van der Waals surface area contributed by atoms with Gasteiger partial charge in [0.1, 0.15) is 0 Å². The lowest BCUT2D eigenvalue weighted by atomic mass is 10.1. The third kappa shape index (κ3) is 6.82. The summed E-state index contributed by atoms with van der Waals surface area (Å²) in [6.45, 7) is 2.53. The van der Waals surface area contributed by atoms with Gasteiger partial charge in [-0.3, -0.25) is 9.10 Å². The van der Waals surface area contributed by atoms with E-state index in [1.54, 1.807) is 61.1 Å². The van der Waals surface area contributed by atoms with Crippen LogP contribution in [0.2, 0.25) is 0 Å². The summed E-state index contributed by atoms with van der Waals surface area (Å²) in [5.74, 6) is -0.158. The van der Waals surface area contributed by atoms with E-state index in [0.29, 0.717) is 41.5 Å². The number of amides is 1. The number of allylic oxidation sites excluding steroid dienone is 2. The third-order valence-electron chi connectivity index (χ3n) is 7.45. The molecule has 0 saturated heterocycles. The molecule has 1 amide bonds. The molecule has 1 aliphatic heterocycles. The highest BCUT2D eigenvalue weighted by Gasteiger charge is 2.27. The van der Waals surface area contributed by atoms with Crippen LogP contribution in [-0.4, -0.2) is 48.4 Å². The van der Waals surface area contributed by atoms with Gasteiger partial charge in [0, 0.05) is 37.1 Å². The highest BCUT2D eigenvalue weighted by Crippen LogP contribution is 2.33. The van der Waals surface area contributed by atoms with Crippen molar-refractivity contribution in [1.82, 2.24) is 19.8 Å². The van der Waals surface area contributed by atoms with Gasteiger partial charge in [-0.15, -0.1) is 11.3 Å². The smallest absolute Gasteiger partial charge is 0.264 e. The first-order chi connectivity index (χ1) is 21.9. The second kappa shape index (κ2) is 13.2. The number of sulfonamides is 1. The number of carbonyl (C=O) groups excluding carboxylic acids is 1. The molecule has 0 atom stereocenters. The van der Waals surface area contributed by atoms with Crippen LogP contribution >= 0.6 is 11.3 Å². The van der Waals surface area contributed by atoms with Gasteiger partial charge in [-0.2, -0.15) is 5.26 Å². The minimum absolute atomic E-state index is 0.0383. The zero-order chi connectivity index (χ0) is 31.2. The molecule has 0 radical (unpaired) electrons. The highest BCUT2D eigenvalue weighted by atomic mass is 32.2. The Hall–Kier alpha value is -5.18. The zero-order valence-electron chi connectivity index (χ0n) is 24.3. The SMILES string of the molecule is N#Cc1ccc(Cn2cncc2CN(c2ccc3sc(C(=O)NCCN4C=CC=CC4)cc3c2)S(=O)(=O)c2ccccc2)cc1. The van der Waals surface area contributed by atoms with Crippen molar-refractivity contribution in [3.63, 3.8) is 0 Å². The Kier molecular flexibility index (Phi) is 8.77. The van der Waals surface area contributed by atoms with Crippen LogP contribution in [0, 0.1) is 11.3 Å². The Morgan fingerprint density at radius 1 is 1.04 bits per heavy atom. The molecule has 11 heteroatoms. The molecular formula is C34H30N6O3S2. The van der Waals surface area contributed by atoms with E-state index < -0.39 is 10.0 Å². The maximum atomic E-state index is 14.1. The first kappa shape index (κ1) is 29.9. The highest BCUT2D eigenvalue weighted by molar-refractivity contribution is 7.92. The number of nitrogens with one attached hydrogen (secondary N) is 1. The summed E-state index contributed by atoms with van der Waals surface area (Å²) in [7, 11) is -3.96. The number of thiophene rings is 1. The van der Waals surface area contributed by atoms with Gasteiger partial charge in [0.25, 0.3) is 15.9 Å². The van der Waals surface area contributed by atoms with Crippen molar-refractivity contribution in [2.45, 2.75) is 18.0 Å². The molecule has 5 aromatic rings. The molecular weight excluding hydrogens is 605 g/mol. The quantitative estimate of drug-likeness (QED) is 0.205. The fourth-order valence-corrected chi connectivity index (χ4v) is 7.46. The van der Waals surface area contributed by atoms with Crippen LogP contribution in [0.15, 0.2) is 121 Å². The number of rotatable bonds is 11. The predicted octanol–water partition coefficient (Wildman–Crippen LogP) is 5.53. The molecule has 1 aliphatic rings. The number of hydrogen-bond acceptors (Lipinski definition) is 7. The predicted molar refractivity (Wildman–Crippen MR) is 176 cm³/mol. The Bertz CT molecular complexity index is 2020. The molecule has 3 aromatic carbocycles. The molecule has 45 heavy (non-hydrogen) atoms. The Balaban J connectivity index is 1.27. The first-order valence-corrected chi connectivity index (χ1v) is 16.6. The van der Waals surface area contributed by atoms with Gasteiger partial charge in [-0.25, -0.2) is 13.4 Å². The van der Waals surface area contributed by atoms with Gasteiger partial charge in [0.05, 0.1) is 45.7 Å². The van der Waals surface area contributed by atoms with E-state index in [1.807, 2.05) is 53.3 Å². The molecule has 0 aliphatic carbocycles. The zero-order valence-corrected chi connectivity index (χ0v) is 25.9. The van der Waals surface area contributed by atoms with Crippen LogP contribution in [0.25, 0.3) is 10.1 Å². The maximum absolute atomic E-state index is 14.1. The van der Waals surface area contributed by atoms with Crippen molar-refractivity contribution >= 4 is 43.0 Å². The van der Waals surface area contributed by atoms with Crippen molar-refractivity contribution in [1.29, 1.82) is 5.26 Å². The van der Waals surface area contributed by atoms with E-state index in [-0.39, 0.29) is 17.3 Å². The monoisotopic (exact) mass is 634 g/mol. The number of nitriles is 1. The van der Waals surface area contributed by atoms with E-state index in [9.17, 15) is 13.2 Å². The lowest BCUT2D eigenvalue weighted by Crippen LogP contribution is -2.32. The van der Waals surface area contributed by atoms with Crippen molar-refractivity contribution in [3.05, 3.63) is 138 Å². The number of fused-ring (bicyclic) bond motifs is 1. The van der Waals surface area contributed by atoms with E-state index in [2.05, 4.69) is 27.3 Å². The fourth-order valence-electron chi connectivity index (χ4n) is 5.06. The summed E-state index contributed by atoms with van der Waals surface area (Å²) < 4.78 is 32.3. The van der Waals surface area contributed by atoms with Crippen LogP contribution < -0.4 is 9.62 Å². The fraction of sp³-hybridized carbons (Fsp3) is 0.147. The average Bonchev–Trinajstić information content (AvgIpc) is 3.71. The summed E-state index contributed by atoms with van der Waals surface area (Å²) in [6.07, 6.45) is 11.4. The van der Waals surface area contributed by atoms with E-state index >= 15 is 0 Å². The summed E-state index contributed by atoms with van der Waals surface area (Å²) in [6, 6.07) is 25.0. The second-order valence-electron chi connectivity index (χ2n) is 10.5. The molecule has 9 nitrogen and oxygen atoms in total. The Morgan fingerprint density at radius 2 is 1.87 bits per heavy atom. The van der Waals surface area contributed by atoms with Crippen molar-refractivity contribution < 1.29 is 13.2 Å².